The van der Waals surface area contributed by atoms with Crippen LogP contribution < -0.4 is 0 Å². The van der Waals surface area contributed by atoms with Crippen molar-refractivity contribution in [1.29, 1.82) is 0 Å². The summed E-state index contributed by atoms with van der Waals surface area (Å²) >= 11 is 6.27. The summed E-state index contributed by atoms with van der Waals surface area (Å²) in [5.41, 5.74) is 3.90. The van der Waals surface area contributed by atoms with Crippen LogP contribution in [0.4, 0.5) is 0 Å². The number of ether oxygens (including phenoxy) is 1. The second-order valence-electron chi connectivity index (χ2n) is 4.42. The van der Waals surface area contributed by atoms with Gasteiger partial charge in [-0.2, -0.15) is 0 Å². The molecule has 2 rings (SSSR count). The van der Waals surface area contributed by atoms with Crippen molar-refractivity contribution in [2.24, 2.45) is 0 Å². The number of hydrogen-bond acceptors (Lipinski definition) is 2. The van der Waals surface area contributed by atoms with Crippen LogP contribution in [0, 0.1) is 13.8 Å². The molecule has 0 radical (unpaired) electrons. The Bertz CT molecular complexity index is 602. The van der Waals surface area contributed by atoms with Gasteiger partial charge in [0.05, 0.1) is 17.7 Å². The molecular formula is C14H16ClNO2. The maximum absolute atomic E-state index is 11.2. The lowest BCUT2D eigenvalue weighted by atomic mass is 10.1. The monoisotopic (exact) mass is 265 g/mol. The lowest BCUT2D eigenvalue weighted by Gasteiger charge is -2.07. The highest BCUT2D eigenvalue weighted by atomic mass is 35.5. The molecule has 0 bridgehead atoms. The largest absolute Gasteiger partial charge is 0.383 e. The lowest BCUT2D eigenvalue weighted by Crippen LogP contribution is -2.04. The van der Waals surface area contributed by atoms with Crippen molar-refractivity contribution in [3.8, 4) is 0 Å². The molecule has 0 aliphatic heterocycles. The van der Waals surface area contributed by atoms with Crippen LogP contribution in [0.5, 0.6) is 0 Å². The fourth-order valence-corrected chi connectivity index (χ4v) is 2.44. The van der Waals surface area contributed by atoms with Crippen LogP contribution in [0.15, 0.2) is 12.1 Å². The van der Waals surface area contributed by atoms with E-state index in [1.165, 1.54) is 5.56 Å². The Balaban J connectivity index is 2.72. The van der Waals surface area contributed by atoms with E-state index in [1.54, 1.807) is 7.11 Å². The van der Waals surface area contributed by atoms with Crippen LogP contribution in [0.25, 0.3) is 10.9 Å². The summed E-state index contributed by atoms with van der Waals surface area (Å²) in [5, 5.41) is 1.40. The molecule has 0 fully saturated rings. The summed E-state index contributed by atoms with van der Waals surface area (Å²) in [4.78, 5) is 11.2. The molecule has 4 heteroatoms. The second-order valence-corrected chi connectivity index (χ2v) is 4.78. The van der Waals surface area contributed by atoms with Crippen molar-refractivity contribution in [2.45, 2.75) is 20.4 Å². The quantitative estimate of drug-likeness (QED) is 0.794. The maximum Gasteiger partial charge on any atom is 0.153 e. The van der Waals surface area contributed by atoms with E-state index in [1.807, 2.05) is 17.6 Å². The van der Waals surface area contributed by atoms with Gasteiger partial charge in [0.15, 0.2) is 6.29 Å². The van der Waals surface area contributed by atoms with Crippen molar-refractivity contribution < 1.29 is 9.53 Å². The number of fused-ring (bicyclic) bond motifs is 1. The molecule has 0 atom stereocenters. The number of hydrogen-bond donors (Lipinski definition) is 0. The van der Waals surface area contributed by atoms with Gasteiger partial charge >= 0.3 is 0 Å². The van der Waals surface area contributed by atoms with E-state index >= 15 is 0 Å². The second kappa shape index (κ2) is 5.12. The average molecular weight is 266 g/mol. The molecule has 3 nitrogen and oxygen atoms in total. The van der Waals surface area contributed by atoms with Crippen molar-refractivity contribution >= 4 is 28.8 Å². The van der Waals surface area contributed by atoms with E-state index in [0.29, 0.717) is 23.9 Å². The molecule has 96 valence electrons. The number of carbonyl (C=O) groups excluding carboxylic acids is 1. The van der Waals surface area contributed by atoms with Gasteiger partial charge in [-0.15, -0.1) is 0 Å². The third-order valence-corrected chi connectivity index (χ3v) is 3.70. The molecule has 0 saturated heterocycles. The Kier molecular flexibility index (Phi) is 3.73. The first kappa shape index (κ1) is 13.1. The number of carbonyl (C=O) groups is 1. The van der Waals surface area contributed by atoms with Crippen LogP contribution in [-0.2, 0) is 11.3 Å². The molecule has 0 N–H and O–H groups in total. The molecule has 1 heterocycles. The highest BCUT2D eigenvalue weighted by Crippen LogP contribution is 2.30. The number of methoxy groups -OCH3 is 1. The Morgan fingerprint density at radius 2 is 2.00 bits per heavy atom. The van der Waals surface area contributed by atoms with Gasteiger partial charge in [-0.05, 0) is 37.1 Å². The van der Waals surface area contributed by atoms with Crippen molar-refractivity contribution in [3.63, 3.8) is 0 Å². The number of nitrogens with zero attached hydrogens (tertiary/aromatic N) is 1. The predicted octanol–water partition coefficient (Wildman–Crippen LogP) is 3.37. The number of halogens is 1. The fourth-order valence-electron chi connectivity index (χ4n) is 2.12. The van der Waals surface area contributed by atoms with E-state index in [0.717, 1.165) is 22.8 Å². The average Bonchev–Trinajstić information content (AvgIpc) is 2.59. The summed E-state index contributed by atoms with van der Waals surface area (Å²) in [6, 6.07) is 4.09. The third-order valence-electron chi connectivity index (χ3n) is 3.29. The van der Waals surface area contributed by atoms with E-state index in [9.17, 15) is 4.79 Å². The third kappa shape index (κ3) is 2.04. The molecule has 0 aliphatic rings. The highest BCUT2D eigenvalue weighted by Gasteiger charge is 2.15. The topological polar surface area (TPSA) is 31.2 Å². The smallest absolute Gasteiger partial charge is 0.153 e. The van der Waals surface area contributed by atoms with E-state index in [2.05, 4.69) is 13.0 Å². The van der Waals surface area contributed by atoms with Gasteiger partial charge in [0.1, 0.15) is 5.15 Å². The predicted molar refractivity (Wildman–Crippen MR) is 73.7 cm³/mol. The summed E-state index contributed by atoms with van der Waals surface area (Å²) in [6.45, 7) is 5.29. The van der Waals surface area contributed by atoms with Gasteiger partial charge in [0.25, 0.3) is 0 Å². The van der Waals surface area contributed by atoms with Gasteiger partial charge in [-0.25, -0.2) is 0 Å². The van der Waals surface area contributed by atoms with E-state index in [4.69, 9.17) is 16.3 Å². The van der Waals surface area contributed by atoms with Crippen molar-refractivity contribution in [2.75, 3.05) is 13.7 Å². The van der Waals surface area contributed by atoms with Crippen LogP contribution in [0.2, 0.25) is 5.15 Å². The maximum atomic E-state index is 11.2. The van der Waals surface area contributed by atoms with Crippen molar-refractivity contribution in [3.05, 3.63) is 34.0 Å². The first-order valence-electron chi connectivity index (χ1n) is 5.83. The highest BCUT2D eigenvalue weighted by molar-refractivity contribution is 6.34. The molecule has 1 aromatic carbocycles. The van der Waals surface area contributed by atoms with Crippen LogP contribution in [0.3, 0.4) is 0 Å². The first-order chi connectivity index (χ1) is 8.60. The minimum Gasteiger partial charge on any atom is -0.383 e. The Labute approximate surface area is 111 Å². The Hall–Kier alpha value is -1.32. The fraction of sp³-hybridized carbons (Fsp3) is 0.357. The molecule has 18 heavy (non-hydrogen) atoms. The number of aromatic nitrogens is 1. The summed E-state index contributed by atoms with van der Waals surface area (Å²) in [5.74, 6) is 0. The Morgan fingerprint density at radius 3 is 2.61 bits per heavy atom. The number of benzene rings is 1. The molecule has 0 amide bonds. The number of aldehydes is 1. The minimum absolute atomic E-state index is 0.488. The van der Waals surface area contributed by atoms with Crippen LogP contribution >= 0.6 is 11.6 Å². The van der Waals surface area contributed by atoms with Crippen LogP contribution in [0.1, 0.15) is 21.5 Å². The molecule has 0 unspecified atom stereocenters. The summed E-state index contributed by atoms with van der Waals surface area (Å²) in [6.07, 6.45) is 0.822. The van der Waals surface area contributed by atoms with E-state index < -0.39 is 0 Å². The molecule has 0 saturated carbocycles. The zero-order valence-corrected chi connectivity index (χ0v) is 11.5. The summed E-state index contributed by atoms with van der Waals surface area (Å²) < 4.78 is 7.01. The summed E-state index contributed by atoms with van der Waals surface area (Å²) in [7, 11) is 1.65. The van der Waals surface area contributed by atoms with Crippen molar-refractivity contribution in [1.82, 2.24) is 4.57 Å². The molecular weight excluding hydrogens is 250 g/mol. The van der Waals surface area contributed by atoms with E-state index in [-0.39, 0.29) is 0 Å². The number of rotatable bonds is 4. The van der Waals surface area contributed by atoms with Gasteiger partial charge in [0.2, 0.25) is 0 Å². The van der Waals surface area contributed by atoms with Gasteiger partial charge in [-0.1, -0.05) is 11.6 Å². The first-order valence-corrected chi connectivity index (χ1v) is 6.21. The number of aryl methyl sites for hydroxylation is 2. The standard InChI is InChI=1S/C14H16ClNO2/c1-9-6-11-12(8-17)14(15)16(4-5-18-3)13(11)7-10(9)2/h6-8H,4-5H2,1-3H3. The zero-order chi connectivity index (χ0) is 13.3. The molecule has 0 aliphatic carbocycles. The van der Waals surface area contributed by atoms with Gasteiger partial charge < -0.3 is 9.30 Å². The molecule has 0 spiro atoms. The minimum atomic E-state index is 0.488. The molecule has 1 aromatic heterocycles. The Morgan fingerprint density at radius 1 is 1.33 bits per heavy atom. The van der Waals surface area contributed by atoms with Gasteiger partial charge in [-0.3, -0.25) is 4.79 Å². The molecule has 2 aromatic rings. The van der Waals surface area contributed by atoms with Crippen LogP contribution in [-0.4, -0.2) is 24.6 Å². The lowest BCUT2D eigenvalue weighted by molar-refractivity contribution is 0.112. The van der Waals surface area contributed by atoms with Gasteiger partial charge in [0, 0.05) is 19.0 Å². The SMILES string of the molecule is COCCn1c(Cl)c(C=O)c2cc(C)c(C)cc21. The normalized spacial score (nSPS) is 11.1. The zero-order valence-electron chi connectivity index (χ0n) is 10.8.